The highest BCUT2D eigenvalue weighted by Crippen LogP contribution is 2.27. The fourth-order valence-electron chi connectivity index (χ4n) is 4.16. The molecule has 7 heteroatoms. The molecule has 1 aliphatic carbocycles. The van der Waals surface area contributed by atoms with Gasteiger partial charge in [-0.1, -0.05) is 0 Å². The number of thiazole rings is 1. The number of esters is 1. The number of piperidine rings is 1. The van der Waals surface area contributed by atoms with Gasteiger partial charge in [-0.05, 0) is 77.3 Å². The number of carbonyl (C=O) groups is 2. The molecule has 150 valence electrons. The Kier molecular flexibility index (Phi) is 7.24. The molecule has 2 aliphatic rings. The lowest BCUT2D eigenvalue weighted by molar-refractivity contribution is -0.146. The van der Waals surface area contributed by atoms with E-state index in [0.29, 0.717) is 0 Å². The van der Waals surface area contributed by atoms with Crippen LogP contribution in [-0.2, 0) is 16.0 Å². The average Bonchev–Trinajstić information content (AvgIpc) is 3.08. The summed E-state index contributed by atoms with van der Waals surface area (Å²) in [5, 5.41) is 7.62. The van der Waals surface area contributed by atoms with Crippen LogP contribution in [0.25, 0.3) is 0 Å². The molecule has 0 unspecified atom stereocenters. The van der Waals surface area contributed by atoms with Gasteiger partial charge in [0.1, 0.15) is 4.88 Å². The summed E-state index contributed by atoms with van der Waals surface area (Å²) in [7, 11) is 1.44. The van der Waals surface area contributed by atoms with Crippen molar-refractivity contribution in [2.75, 3.05) is 20.2 Å². The summed E-state index contributed by atoms with van der Waals surface area (Å²) in [5.41, 5.74) is 0.834. The number of ether oxygens (including phenoxy) is 1. The number of nitrogens with zero attached hydrogens (tertiary/aromatic N) is 1. The molecule has 1 aliphatic heterocycles. The van der Waals surface area contributed by atoms with E-state index in [-0.39, 0.29) is 23.8 Å². The van der Waals surface area contributed by atoms with Crippen LogP contribution in [0.1, 0.15) is 65.3 Å². The summed E-state index contributed by atoms with van der Waals surface area (Å²) in [6, 6.07) is 0.137. The Bertz CT molecular complexity index is 647. The van der Waals surface area contributed by atoms with E-state index >= 15 is 0 Å². The van der Waals surface area contributed by atoms with Gasteiger partial charge in [0.05, 0.1) is 23.7 Å². The molecule has 0 spiro atoms. The number of aryl methyl sites for hydroxylation is 2. The number of hydrogen-bond donors (Lipinski definition) is 2. The van der Waals surface area contributed by atoms with Crippen LogP contribution in [0.4, 0.5) is 0 Å². The normalized spacial score (nSPS) is 23.8. The van der Waals surface area contributed by atoms with Crippen LogP contribution in [0.15, 0.2) is 0 Å². The lowest BCUT2D eigenvalue weighted by Gasteiger charge is -2.27. The van der Waals surface area contributed by atoms with Crippen molar-refractivity contribution in [2.24, 2.45) is 11.8 Å². The predicted molar refractivity (Wildman–Crippen MR) is 106 cm³/mol. The first kappa shape index (κ1) is 20.3. The number of aromatic nitrogens is 1. The number of nitrogens with one attached hydrogen (secondary N) is 2. The lowest BCUT2D eigenvalue weighted by Crippen LogP contribution is -2.38. The minimum atomic E-state index is -0.128. The van der Waals surface area contributed by atoms with Crippen molar-refractivity contribution >= 4 is 23.2 Å². The molecule has 1 amide bonds. The summed E-state index contributed by atoms with van der Waals surface area (Å²) in [5.74, 6) is 0.615. The maximum atomic E-state index is 12.7. The summed E-state index contributed by atoms with van der Waals surface area (Å²) >= 11 is 1.54. The molecule has 2 N–H and O–H groups in total. The predicted octanol–water partition coefficient (Wildman–Crippen LogP) is 2.85. The van der Waals surface area contributed by atoms with Gasteiger partial charge in [0.25, 0.3) is 5.91 Å². The molecular weight excluding hydrogens is 362 g/mol. The van der Waals surface area contributed by atoms with Crippen LogP contribution in [-0.4, -0.2) is 43.1 Å². The highest BCUT2D eigenvalue weighted by molar-refractivity contribution is 7.13. The van der Waals surface area contributed by atoms with Gasteiger partial charge in [0.15, 0.2) is 0 Å². The molecule has 27 heavy (non-hydrogen) atoms. The summed E-state index contributed by atoms with van der Waals surface area (Å²) < 4.78 is 4.82. The van der Waals surface area contributed by atoms with Gasteiger partial charge in [0, 0.05) is 6.04 Å². The molecule has 0 atom stereocenters. The van der Waals surface area contributed by atoms with E-state index in [0.717, 1.165) is 73.1 Å². The third-order valence-electron chi connectivity index (χ3n) is 5.87. The smallest absolute Gasteiger partial charge is 0.308 e. The average molecular weight is 394 g/mol. The standard InChI is InChI=1S/C20H31N3O3S/c1-13-18(27-17(22-13)8-3-14-9-11-21-12-10-14)19(24)23-16-6-4-15(5-7-16)20(25)26-2/h14-16,21H,3-12H2,1-2H3,(H,23,24)/t15-,16-. The highest BCUT2D eigenvalue weighted by atomic mass is 32.1. The maximum Gasteiger partial charge on any atom is 0.308 e. The van der Waals surface area contributed by atoms with Gasteiger partial charge in [0.2, 0.25) is 0 Å². The third kappa shape index (κ3) is 5.51. The van der Waals surface area contributed by atoms with Gasteiger partial charge in [-0.3, -0.25) is 9.59 Å². The van der Waals surface area contributed by atoms with Crippen LogP contribution < -0.4 is 10.6 Å². The Morgan fingerprint density at radius 2 is 1.89 bits per heavy atom. The van der Waals surface area contributed by atoms with Crippen molar-refractivity contribution in [2.45, 2.75) is 64.3 Å². The van der Waals surface area contributed by atoms with Crippen molar-refractivity contribution in [3.05, 3.63) is 15.6 Å². The van der Waals surface area contributed by atoms with Crippen molar-refractivity contribution < 1.29 is 14.3 Å². The minimum absolute atomic E-state index is 0.0142. The van der Waals surface area contributed by atoms with Crippen molar-refractivity contribution in [3.63, 3.8) is 0 Å². The van der Waals surface area contributed by atoms with Crippen LogP contribution in [0.2, 0.25) is 0 Å². The van der Waals surface area contributed by atoms with Crippen LogP contribution >= 0.6 is 11.3 Å². The third-order valence-corrected chi connectivity index (χ3v) is 7.09. The molecule has 1 saturated heterocycles. The topological polar surface area (TPSA) is 80.3 Å². The number of carbonyl (C=O) groups excluding carboxylic acids is 2. The van der Waals surface area contributed by atoms with Crippen LogP contribution in [0.3, 0.4) is 0 Å². The van der Waals surface area contributed by atoms with E-state index in [1.54, 1.807) is 11.3 Å². The maximum absolute atomic E-state index is 12.7. The fourth-order valence-corrected chi connectivity index (χ4v) is 5.14. The molecule has 0 aromatic carbocycles. The molecule has 1 aromatic heterocycles. The Balaban J connectivity index is 1.48. The first-order valence-electron chi connectivity index (χ1n) is 10.1. The molecule has 1 saturated carbocycles. The Morgan fingerprint density at radius 1 is 1.19 bits per heavy atom. The molecule has 0 bridgehead atoms. The largest absolute Gasteiger partial charge is 0.469 e. The van der Waals surface area contributed by atoms with E-state index in [4.69, 9.17) is 4.74 Å². The van der Waals surface area contributed by atoms with Crippen molar-refractivity contribution in [1.29, 1.82) is 0 Å². The van der Waals surface area contributed by atoms with Crippen molar-refractivity contribution in [3.8, 4) is 0 Å². The lowest BCUT2D eigenvalue weighted by atomic mass is 9.86. The number of hydrogen-bond acceptors (Lipinski definition) is 6. The van der Waals surface area contributed by atoms with Crippen molar-refractivity contribution in [1.82, 2.24) is 15.6 Å². The summed E-state index contributed by atoms with van der Waals surface area (Å²) in [6.45, 7) is 4.16. The van der Waals surface area contributed by atoms with Gasteiger partial charge < -0.3 is 15.4 Å². The molecule has 0 radical (unpaired) electrons. The zero-order valence-corrected chi connectivity index (χ0v) is 17.2. The van der Waals surface area contributed by atoms with E-state index in [1.807, 2.05) is 6.92 Å². The van der Waals surface area contributed by atoms with Gasteiger partial charge >= 0.3 is 5.97 Å². The molecule has 1 aromatic rings. The van der Waals surface area contributed by atoms with E-state index < -0.39 is 0 Å². The van der Waals surface area contributed by atoms with Crippen LogP contribution in [0, 0.1) is 18.8 Å². The monoisotopic (exact) mass is 393 g/mol. The second-order valence-corrected chi connectivity index (χ2v) is 8.88. The Hall–Kier alpha value is -1.47. The molecule has 2 fully saturated rings. The quantitative estimate of drug-likeness (QED) is 0.727. The number of rotatable bonds is 6. The van der Waals surface area contributed by atoms with Gasteiger partial charge in [-0.2, -0.15) is 0 Å². The number of amides is 1. The van der Waals surface area contributed by atoms with Crippen LogP contribution in [0.5, 0.6) is 0 Å². The van der Waals surface area contributed by atoms with Gasteiger partial charge in [-0.25, -0.2) is 4.98 Å². The van der Waals surface area contributed by atoms with E-state index in [9.17, 15) is 9.59 Å². The second-order valence-electron chi connectivity index (χ2n) is 7.80. The molecule has 3 rings (SSSR count). The first-order chi connectivity index (χ1) is 13.1. The zero-order valence-electron chi connectivity index (χ0n) is 16.4. The molecule has 2 heterocycles. The highest BCUT2D eigenvalue weighted by Gasteiger charge is 2.28. The SMILES string of the molecule is COC(=O)[C@H]1CC[C@H](NC(=O)c2sc(CCC3CCNCC3)nc2C)CC1. The first-order valence-corrected chi connectivity index (χ1v) is 10.9. The Labute approximate surface area is 165 Å². The number of methoxy groups -OCH3 is 1. The fraction of sp³-hybridized carbons (Fsp3) is 0.750. The van der Waals surface area contributed by atoms with E-state index in [1.165, 1.54) is 20.0 Å². The summed E-state index contributed by atoms with van der Waals surface area (Å²) in [4.78, 5) is 29.7. The Morgan fingerprint density at radius 3 is 2.56 bits per heavy atom. The molecule has 6 nitrogen and oxygen atoms in total. The molecular formula is C20H31N3O3S. The van der Waals surface area contributed by atoms with Gasteiger partial charge in [-0.15, -0.1) is 11.3 Å². The second kappa shape index (κ2) is 9.64. The zero-order chi connectivity index (χ0) is 19.2. The van der Waals surface area contributed by atoms with E-state index in [2.05, 4.69) is 15.6 Å². The minimum Gasteiger partial charge on any atom is -0.469 e. The summed E-state index contributed by atoms with van der Waals surface area (Å²) in [6.07, 6.45) is 7.82.